The maximum Gasteiger partial charge on any atom is 0.243 e. The van der Waals surface area contributed by atoms with Crippen LogP contribution in [0.3, 0.4) is 0 Å². The molecule has 116 valence electrons. The van der Waals surface area contributed by atoms with Crippen LogP contribution in [0.5, 0.6) is 0 Å². The molecule has 1 amide bonds. The average Bonchev–Trinajstić information content (AvgIpc) is 2.48. The molecule has 0 atom stereocenters. The molecule has 2 aromatic rings. The van der Waals surface area contributed by atoms with Crippen molar-refractivity contribution in [3.05, 3.63) is 58.1 Å². The number of rotatable bonds is 5. The van der Waals surface area contributed by atoms with Crippen LogP contribution in [0, 0.1) is 13.8 Å². The van der Waals surface area contributed by atoms with Crippen molar-refractivity contribution in [2.75, 3.05) is 17.2 Å². The van der Waals surface area contributed by atoms with E-state index in [1.807, 2.05) is 38.1 Å². The topological polar surface area (TPSA) is 41.1 Å². The predicted molar refractivity (Wildman–Crippen MR) is 93.9 cm³/mol. The molecule has 0 aromatic heterocycles. The van der Waals surface area contributed by atoms with E-state index in [9.17, 15) is 4.79 Å². The van der Waals surface area contributed by atoms with Gasteiger partial charge >= 0.3 is 0 Å². The van der Waals surface area contributed by atoms with Crippen LogP contribution >= 0.6 is 11.6 Å². The number of amides is 1. The van der Waals surface area contributed by atoms with E-state index >= 15 is 0 Å². The van der Waals surface area contributed by atoms with E-state index in [0.29, 0.717) is 5.02 Å². The summed E-state index contributed by atoms with van der Waals surface area (Å²) in [7, 11) is 0. The van der Waals surface area contributed by atoms with Gasteiger partial charge in [0.2, 0.25) is 5.91 Å². The molecule has 2 N–H and O–H groups in total. The highest BCUT2D eigenvalue weighted by Gasteiger charge is 2.08. The number of benzene rings is 2. The summed E-state index contributed by atoms with van der Waals surface area (Å²) in [6, 6.07) is 11.6. The highest BCUT2D eigenvalue weighted by atomic mass is 35.5. The normalized spacial score (nSPS) is 10.4. The molecule has 2 aromatic carbocycles. The van der Waals surface area contributed by atoms with Gasteiger partial charge in [0.15, 0.2) is 0 Å². The molecule has 3 nitrogen and oxygen atoms in total. The predicted octanol–water partition coefficient (Wildman–Crippen LogP) is 4.57. The lowest BCUT2D eigenvalue weighted by Gasteiger charge is -2.14. The van der Waals surface area contributed by atoms with Crippen molar-refractivity contribution < 1.29 is 4.79 Å². The monoisotopic (exact) mass is 316 g/mol. The van der Waals surface area contributed by atoms with Gasteiger partial charge in [-0.05, 0) is 55.2 Å². The van der Waals surface area contributed by atoms with E-state index in [1.54, 1.807) is 6.07 Å². The van der Waals surface area contributed by atoms with Crippen molar-refractivity contribution in [1.82, 2.24) is 0 Å². The van der Waals surface area contributed by atoms with E-state index < -0.39 is 0 Å². The first-order valence-corrected chi connectivity index (χ1v) is 7.77. The summed E-state index contributed by atoms with van der Waals surface area (Å²) in [6.45, 7) is 6.31. The highest BCUT2D eigenvalue weighted by molar-refractivity contribution is 6.30. The summed E-state index contributed by atoms with van der Waals surface area (Å²) in [5.74, 6) is -0.0734. The molecular formula is C18H21ClN2O. The van der Waals surface area contributed by atoms with Gasteiger partial charge in [-0.15, -0.1) is 0 Å². The van der Waals surface area contributed by atoms with Gasteiger partial charge in [-0.3, -0.25) is 4.79 Å². The number of hydrogen-bond donors (Lipinski definition) is 2. The van der Waals surface area contributed by atoms with Crippen LogP contribution in [0.4, 0.5) is 11.4 Å². The Bertz CT molecular complexity index is 683. The van der Waals surface area contributed by atoms with Crippen LogP contribution < -0.4 is 10.6 Å². The van der Waals surface area contributed by atoms with Crippen LogP contribution in [0.25, 0.3) is 0 Å². The van der Waals surface area contributed by atoms with Crippen LogP contribution in [0.1, 0.15) is 23.6 Å². The van der Waals surface area contributed by atoms with Crippen LogP contribution in [0.15, 0.2) is 36.4 Å². The Labute approximate surface area is 136 Å². The maximum atomic E-state index is 12.1. The standard InChI is InChI=1S/C18H21ClN2O/c1-4-14-7-5-6-12(2)18(14)20-11-17(22)21-16-9-8-15(19)10-13(16)3/h5-10,20H,4,11H2,1-3H3,(H,21,22). The number of carbonyl (C=O) groups is 1. The zero-order valence-corrected chi connectivity index (χ0v) is 13.9. The molecule has 0 aliphatic heterocycles. The number of hydrogen-bond acceptors (Lipinski definition) is 2. The second kappa shape index (κ2) is 7.32. The fraction of sp³-hybridized carbons (Fsp3) is 0.278. The fourth-order valence-electron chi connectivity index (χ4n) is 2.41. The zero-order valence-electron chi connectivity index (χ0n) is 13.2. The lowest BCUT2D eigenvalue weighted by atomic mass is 10.1. The SMILES string of the molecule is CCc1cccc(C)c1NCC(=O)Nc1ccc(Cl)cc1C. The summed E-state index contributed by atoms with van der Waals surface area (Å²) in [4.78, 5) is 12.1. The Hall–Kier alpha value is -2.00. The quantitative estimate of drug-likeness (QED) is 0.848. The van der Waals surface area contributed by atoms with E-state index in [0.717, 1.165) is 28.9 Å². The van der Waals surface area contributed by atoms with Gasteiger partial charge in [-0.1, -0.05) is 36.7 Å². The zero-order chi connectivity index (χ0) is 16.1. The van der Waals surface area contributed by atoms with E-state index in [4.69, 9.17) is 11.6 Å². The van der Waals surface area contributed by atoms with Crippen LogP contribution in [-0.4, -0.2) is 12.5 Å². The molecule has 0 aliphatic carbocycles. The highest BCUT2D eigenvalue weighted by Crippen LogP contribution is 2.21. The molecule has 0 saturated carbocycles. The summed E-state index contributed by atoms with van der Waals surface area (Å²) >= 11 is 5.92. The van der Waals surface area contributed by atoms with Crippen molar-refractivity contribution >= 4 is 28.9 Å². The first kappa shape index (κ1) is 16.4. The summed E-state index contributed by atoms with van der Waals surface area (Å²) in [5.41, 5.74) is 5.15. The fourth-order valence-corrected chi connectivity index (χ4v) is 2.63. The number of anilines is 2. The van der Waals surface area contributed by atoms with Gasteiger partial charge in [0.05, 0.1) is 6.54 Å². The Balaban J connectivity index is 2.02. The van der Waals surface area contributed by atoms with Crippen molar-refractivity contribution in [1.29, 1.82) is 0 Å². The van der Waals surface area contributed by atoms with Crippen molar-refractivity contribution in [2.45, 2.75) is 27.2 Å². The number of carbonyl (C=O) groups excluding carboxylic acids is 1. The third-order valence-corrected chi connectivity index (χ3v) is 3.86. The molecule has 4 heteroatoms. The van der Waals surface area contributed by atoms with Gasteiger partial charge in [0, 0.05) is 16.4 Å². The molecule has 0 aliphatic rings. The summed E-state index contributed by atoms with van der Waals surface area (Å²) in [5, 5.41) is 6.82. The first-order valence-electron chi connectivity index (χ1n) is 7.39. The number of halogens is 1. The Morgan fingerprint density at radius 3 is 2.59 bits per heavy atom. The van der Waals surface area contributed by atoms with Gasteiger partial charge in [-0.2, -0.15) is 0 Å². The van der Waals surface area contributed by atoms with Crippen molar-refractivity contribution in [3.63, 3.8) is 0 Å². The molecule has 22 heavy (non-hydrogen) atoms. The van der Waals surface area contributed by atoms with E-state index in [-0.39, 0.29) is 12.5 Å². The van der Waals surface area contributed by atoms with Crippen molar-refractivity contribution in [3.8, 4) is 0 Å². The third-order valence-electron chi connectivity index (χ3n) is 3.63. The lowest BCUT2D eigenvalue weighted by molar-refractivity contribution is -0.114. The summed E-state index contributed by atoms with van der Waals surface area (Å²) < 4.78 is 0. The smallest absolute Gasteiger partial charge is 0.243 e. The molecule has 0 fully saturated rings. The minimum Gasteiger partial charge on any atom is -0.376 e. The summed E-state index contributed by atoms with van der Waals surface area (Å²) in [6.07, 6.45) is 0.932. The molecule has 0 bridgehead atoms. The Morgan fingerprint density at radius 2 is 1.91 bits per heavy atom. The van der Waals surface area contributed by atoms with Crippen molar-refractivity contribution in [2.24, 2.45) is 0 Å². The molecule has 0 radical (unpaired) electrons. The molecule has 0 saturated heterocycles. The van der Waals surface area contributed by atoms with E-state index in [2.05, 4.69) is 23.6 Å². The Morgan fingerprint density at radius 1 is 1.14 bits per heavy atom. The van der Waals surface area contributed by atoms with Crippen LogP contribution in [0.2, 0.25) is 5.02 Å². The molecule has 0 unspecified atom stereocenters. The van der Waals surface area contributed by atoms with Gasteiger partial charge < -0.3 is 10.6 Å². The average molecular weight is 317 g/mol. The minimum atomic E-state index is -0.0734. The van der Waals surface area contributed by atoms with Gasteiger partial charge in [-0.25, -0.2) is 0 Å². The molecule has 2 rings (SSSR count). The van der Waals surface area contributed by atoms with E-state index in [1.165, 1.54) is 5.56 Å². The lowest BCUT2D eigenvalue weighted by Crippen LogP contribution is -2.23. The molecule has 0 heterocycles. The number of nitrogens with one attached hydrogen (secondary N) is 2. The third kappa shape index (κ3) is 4.01. The van der Waals surface area contributed by atoms with Gasteiger partial charge in [0.25, 0.3) is 0 Å². The molecular weight excluding hydrogens is 296 g/mol. The largest absolute Gasteiger partial charge is 0.376 e. The second-order valence-electron chi connectivity index (χ2n) is 5.32. The van der Waals surface area contributed by atoms with Gasteiger partial charge in [0.1, 0.15) is 0 Å². The molecule has 0 spiro atoms. The minimum absolute atomic E-state index is 0.0734. The Kier molecular flexibility index (Phi) is 5.45. The first-order chi connectivity index (χ1) is 10.5. The van der Waals surface area contributed by atoms with Crippen LogP contribution in [-0.2, 0) is 11.2 Å². The number of para-hydroxylation sites is 1. The second-order valence-corrected chi connectivity index (χ2v) is 5.76. The number of aryl methyl sites for hydroxylation is 3. The maximum absolute atomic E-state index is 12.1.